The van der Waals surface area contributed by atoms with Gasteiger partial charge in [0.15, 0.2) is 0 Å². The van der Waals surface area contributed by atoms with E-state index >= 15 is 0 Å². The Hall–Kier alpha value is 0.200. The summed E-state index contributed by atoms with van der Waals surface area (Å²) in [6.07, 6.45) is 2.67. The molecule has 0 spiro atoms. The molecular weight excluding hydrogens is 267 g/mol. The van der Waals surface area contributed by atoms with Crippen LogP contribution >= 0.6 is 22.6 Å². The van der Waals surface area contributed by atoms with Crippen molar-refractivity contribution in [3.05, 3.63) is 0 Å². The van der Waals surface area contributed by atoms with E-state index in [1.165, 1.54) is 7.11 Å². The van der Waals surface area contributed by atoms with Crippen LogP contribution in [0.5, 0.6) is 0 Å². The molecule has 0 rings (SSSR count). The number of methoxy groups -OCH3 is 1. The van der Waals surface area contributed by atoms with Crippen molar-refractivity contribution in [3.63, 3.8) is 0 Å². The Labute approximate surface area is 88.2 Å². The van der Waals surface area contributed by atoms with Crippen molar-refractivity contribution >= 4 is 28.6 Å². The fourth-order valence-corrected chi connectivity index (χ4v) is 2.42. The molecule has 0 unspecified atom stereocenters. The minimum absolute atomic E-state index is 0.0517. The molecule has 0 aliphatic carbocycles. The summed E-state index contributed by atoms with van der Waals surface area (Å²) < 4.78 is 5.82. The van der Waals surface area contributed by atoms with E-state index in [1.54, 1.807) is 0 Å². The third-order valence-corrected chi connectivity index (χ3v) is 3.08. The van der Waals surface area contributed by atoms with Crippen molar-refractivity contribution in [1.82, 2.24) is 0 Å². The number of rotatable bonds is 5. The quantitative estimate of drug-likeness (QED) is 0.441. The summed E-state index contributed by atoms with van der Waals surface area (Å²) in [6.45, 7) is 4.10. The fraction of sp³-hybridized carbons (Fsp3) is 0.889. The second-order valence-corrected chi connectivity index (χ2v) is 4.00. The van der Waals surface area contributed by atoms with E-state index in [2.05, 4.69) is 22.6 Å². The third kappa shape index (κ3) is 2.61. The molecule has 72 valence electrons. The minimum Gasteiger partial charge on any atom is -0.469 e. The number of hydrogen-bond acceptors (Lipinski definition) is 2. The molecule has 0 bridgehead atoms. The highest BCUT2D eigenvalue weighted by atomic mass is 127. The number of esters is 1. The number of carbonyl (C=O) groups is 1. The molecule has 0 aromatic heterocycles. The molecule has 0 amide bonds. The second-order valence-electron chi connectivity index (χ2n) is 2.92. The molecule has 0 radical (unpaired) electrons. The Morgan fingerprint density at radius 3 is 2.17 bits per heavy atom. The molecule has 0 saturated carbocycles. The van der Waals surface area contributed by atoms with Gasteiger partial charge in [-0.3, -0.25) is 4.79 Å². The first-order valence-corrected chi connectivity index (χ1v) is 5.83. The van der Waals surface area contributed by atoms with Crippen LogP contribution < -0.4 is 0 Å². The van der Waals surface area contributed by atoms with Crippen molar-refractivity contribution in [2.75, 3.05) is 11.5 Å². The van der Waals surface area contributed by atoms with Crippen LogP contribution in [0.2, 0.25) is 0 Å². The third-order valence-electron chi connectivity index (χ3n) is 2.55. The molecule has 12 heavy (non-hydrogen) atoms. The summed E-state index contributed by atoms with van der Waals surface area (Å²) in [5.74, 6) is -0.0517. The van der Waals surface area contributed by atoms with Gasteiger partial charge >= 0.3 is 5.97 Å². The van der Waals surface area contributed by atoms with Crippen molar-refractivity contribution in [2.24, 2.45) is 5.41 Å². The van der Waals surface area contributed by atoms with Gasteiger partial charge in [0, 0.05) is 4.43 Å². The van der Waals surface area contributed by atoms with Crippen LogP contribution in [0.25, 0.3) is 0 Å². The molecule has 0 saturated heterocycles. The summed E-state index contributed by atoms with van der Waals surface area (Å²) in [6, 6.07) is 0. The Kier molecular flexibility index (Phi) is 5.88. The van der Waals surface area contributed by atoms with Gasteiger partial charge < -0.3 is 4.74 Å². The van der Waals surface area contributed by atoms with E-state index in [0.717, 1.165) is 23.7 Å². The normalized spacial score (nSPS) is 11.3. The van der Waals surface area contributed by atoms with Crippen LogP contribution in [0.3, 0.4) is 0 Å². The van der Waals surface area contributed by atoms with Crippen molar-refractivity contribution in [2.45, 2.75) is 33.1 Å². The van der Waals surface area contributed by atoms with E-state index in [1.807, 2.05) is 13.8 Å². The zero-order chi connectivity index (χ0) is 9.61. The Bertz CT molecular complexity index is 141. The lowest BCUT2D eigenvalue weighted by atomic mass is 9.80. The zero-order valence-corrected chi connectivity index (χ0v) is 10.2. The number of hydrogen-bond donors (Lipinski definition) is 0. The molecular formula is C9H17IO2. The van der Waals surface area contributed by atoms with Crippen LogP contribution in [-0.4, -0.2) is 17.5 Å². The van der Waals surface area contributed by atoms with Crippen molar-refractivity contribution in [3.8, 4) is 0 Å². The lowest BCUT2D eigenvalue weighted by molar-refractivity contribution is -0.153. The number of ether oxygens (including phenoxy) is 1. The van der Waals surface area contributed by atoms with Gasteiger partial charge in [-0.15, -0.1) is 0 Å². The first-order valence-electron chi connectivity index (χ1n) is 4.31. The average molecular weight is 284 g/mol. The van der Waals surface area contributed by atoms with E-state index in [4.69, 9.17) is 4.74 Å². The molecule has 0 aliphatic heterocycles. The first-order chi connectivity index (χ1) is 5.66. The predicted octanol–water partition coefficient (Wildman–Crippen LogP) is 2.79. The van der Waals surface area contributed by atoms with Crippen LogP contribution in [0.1, 0.15) is 33.1 Å². The summed E-state index contributed by atoms with van der Waals surface area (Å²) in [7, 11) is 1.47. The highest BCUT2D eigenvalue weighted by Gasteiger charge is 2.34. The zero-order valence-electron chi connectivity index (χ0n) is 8.02. The van der Waals surface area contributed by atoms with Crippen LogP contribution in [0.4, 0.5) is 0 Å². The second kappa shape index (κ2) is 5.78. The molecule has 2 nitrogen and oxygen atoms in total. The number of carbonyl (C=O) groups excluding carboxylic acids is 1. The largest absolute Gasteiger partial charge is 0.469 e. The molecule has 3 heteroatoms. The molecule has 0 fully saturated rings. The van der Waals surface area contributed by atoms with Crippen LogP contribution in [0, 0.1) is 5.41 Å². The highest BCUT2D eigenvalue weighted by molar-refractivity contribution is 14.1. The summed E-state index contributed by atoms with van der Waals surface area (Å²) in [4.78, 5) is 11.5. The average Bonchev–Trinajstić information content (AvgIpc) is 2.13. The van der Waals surface area contributed by atoms with Crippen molar-refractivity contribution < 1.29 is 9.53 Å². The standard InChI is InChI=1S/C9H17IO2/c1-4-9(5-2,6-7-10)8(11)12-3/h4-7H2,1-3H3. The summed E-state index contributed by atoms with van der Waals surface area (Å²) in [5.41, 5.74) is -0.226. The maximum Gasteiger partial charge on any atom is 0.311 e. The maximum atomic E-state index is 11.5. The lowest BCUT2D eigenvalue weighted by Crippen LogP contribution is -2.31. The molecule has 0 atom stereocenters. The summed E-state index contributed by atoms with van der Waals surface area (Å²) >= 11 is 2.30. The van der Waals surface area contributed by atoms with Gasteiger partial charge in [-0.2, -0.15) is 0 Å². The summed E-state index contributed by atoms with van der Waals surface area (Å²) in [5, 5.41) is 0. The van der Waals surface area contributed by atoms with Gasteiger partial charge in [0.05, 0.1) is 12.5 Å². The smallest absolute Gasteiger partial charge is 0.311 e. The first kappa shape index (κ1) is 12.2. The Balaban J connectivity index is 4.44. The van der Waals surface area contributed by atoms with Crippen LogP contribution in [-0.2, 0) is 9.53 Å². The molecule has 0 aromatic carbocycles. The van der Waals surface area contributed by atoms with E-state index in [-0.39, 0.29) is 11.4 Å². The monoisotopic (exact) mass is 284 g/mol. The highest BCUT2D eigenvalue weighted by Crippen LogP contribution is 2.32. The molecule has 0 aliphatic rings. The molecule has 0 N–H and O–H groups in total. The minimum atomic E-state index is -0.226. The lowest BCUT2D eigenvalue weighted by Gasteiger charge is -2.27. The van der Waals surface area contributed by atoms with Gasteiger partial charge in [0.1, 0.15) is 0 Å². The van der Waals surface area contributed by atoms with E-state index in [9.17, 15) is 4.79 Å². The maximum absolute atomic E-state index is 11.5. The van der Waals surface area contributed by atoms with E-state index < -0.39 is 0 Å². The fourth-order valence-electron chi connectivity index (χ4n) is 1.39. The Morgan fingerprint density at radius 2 is 1.92 bits per heavy atom. The van der Waals surface area contributed by atoms with Gasteiger partial charge in [0.2, 0.25) is 0 Å². The SMILES string of the molecule is CCC(CC)(CCI)C(=O)OC. The van der Waals surface area contributed by atoms with Gasteiger partial charge in [-0.1, -0.05) is 36.4 Å². The predicted molar refractivity (Wildman–Crippen MR) is 58.5 cm³/mol. The molecule has 0 heterocycles. The number of alkyl halides is 1. The topological polar surface area (TPSA) is 26.3 Å². The van der Waals surface area contributed by atoms with Crippen molar-refractivity contribution in [1.29, 1.82) is 0 Å². The van der Waals surface area contributed by atoms with E-state index in [0.29, 0.717) is 0 Å². The van der Waals surface area contributed by atoms with Gasteiger partial charge in [0.25, 0.3) is 0 Å². The number of halogens is 1. The Morgan fingerprint density at radius 1 is 1.42 bits per heavy atom. The van der Waals surface area contributed by atoms with Gasteiger partial charge in [-0.05, 0) is 19.3 Å². The van der Waals surface area contributed by atoms with Crippen LogP contribution in [0.15, 0.2) is 0 Å². The van der Waals surface area contributed by atoms with Gasteiger partial charge in [-0.25, -0.2) is 0 Å². The molecule has 0 aromatic rings.